The SMILES string of the molecule is CCCCC(CC)CC(NC)c1ccc(C)nc1. The molecule has 0 aliphatic rings. The lowest BCUT2D eigenvalue weighted by molar-refractivity contribution is 0.364. The van der Waals surface area contributed by atoms with E-state index in [0.717, 1.165) is 11.6 Å². The first kappa shape index (κ1) is 15.2. The van der Waals surface area contributed by atoms with Crippen LogP contribution in [0, 0.1) is 12.8 Å². The van der Waals surface area contributed by atoms with Gasteiger partial charge in [0.2, 0.25) is 0 Å². The quantitative estimate of drug-likeness (QED) is 0.743. The van der Waals surface area contributed by atoms with Crippen LogP contribution >= 0.6 is 0 Å². The zero-order valence-corrected chi connectivity index (χ0v) is 12.4. The summed E-state index contributed by atoms with van der Waals surface area (Å²) in [5.41, 5.74) is 2.41. The lowest BCUT2D eigenvalue weighted by Gasteiger charge is -2.22. The van der Waals surface area contributed by atoms with Gasteiger partial charge in [-0.3, -0.25) is 4.98 Å². The van der Waals surface area contributed by atoms with Gasteiger partial charge in [0.25, 0.3) is 0 Å². The fourth-order valence-corrected chi connectivity index (χ4v) is 2.42. The van der Waals surface area contributed by atoms with Crippen LogP contribution in [-0.4, -0.2) is 12.0 Å². The Morgan fingerprint density at radius 1 is 1.28 bits per heavy atom. The molecule has 0 amide bonds. The first-order valence-corrected chi connectivity index (χ1v) is 7.31. The van der Waals surface area contributed by atoms with Crippen molar-refractivity contribution < 1.29 is 0 Å². The number of rotatable bonds is 8. The van der Waals surface area contributed by atoms with Crippen LogP contribution in [-0.2, 0) is 0 Å². The number of hydrogen-bond acceptors (Lipinski definition) is 2. The molecule has 0 bridgehead atoms. The molecule has 0 fully saturated rings. The largest absolute Gasteiger partial charge is 0.313 e. The minimum absolute atomic E-state index is 0.444. The van der Waals surface area contributed by atoms with Crippen molar-refractivity contribution >= 4 is 0 Å². The summed E-state index contributed by atoms with van der Waals surface area (Å²) in [6, 6.07) is 4.75. The smallest absolute Gasteiger partial charge is 0.0372 e. The maximum atomic E-state index is 4.40. The molecule has 1 aromatic rings. The average Bonchev–Trinajstić information content (AvgIpc) is 2.40. The van der Waals surface area contributed by atoms with Crippen LogP contribution in [0.1, 0.15) is 63.3 Å². The third kappa shape index (κ3) is 4.77. The first-order valence-electron chi connectivity index (χ1n) is 7.31. The summed E-state index contributed by atoms with van der Waals surface area (Å²) in [6.45, 7) is 6.61. The number of pyridine rings is 1. The molecule has 0 saturated carbocycles. The van der Waals surface area contributed by atoms with Crippen molar-refractivity contribution in [2.75, 3.05) is 7.05 Å². The number of unbranched alkanes of at least 4 members (excludes halogenated alkanes) is 1. The molecule has 0 aromatic carbocycles. The Balaban J connectivity index is 2.62. The van der Waals surface area contributed by atoms with E-state index in [9.17, 15) is 0 Å². The standard InChI is InChI=1S/C16H28N2/c1-5-7-8-14(6-2)11-16(17-4)15-10-9-13(3)18-12-15/h9-10,12,14,16-17H,5-8,11H2,1-4H3. The molecule has 1 rings (SSSR count). The van der Waals surface area contributed by atoms with Crippen molar-refractivity contribution in [2.24, 2.45) is 5.92 Å². The highest BCUT2D eigenvalue weighted by atomic mass is 14.9. The second kappa shape index (κ2) is 8.25. The molecule has 2 atom stereocenters. The topological polar surface area (TPSA) is 24.9 Å². The maximum Gasteiger partial charge on any atom is 0.0372 e. The van der Waals surface area contributed by atoms with Crippen LogP contribution in [0.25, 0.3) is 0 Å². The van der Waals surface area contributed by atoms with Crippen molar-refractivity contribution in [3.8, 4) is 0 Å². The zero-order valence-electron chi connectivity index (χ0n) is 12.4. The lowest BCUT2D eigenvalue weighted by atomic mass is 9.89. The van der Waals surface area contributed by atoms with Gasteiger partial charge in [-0.25, -0.2) is 0 Å². The molecule has 1 aromatic heterocycles. The summed E-state index contributed by atoms with van der Waals surface area (Å²) in [5.74, 6) is 0.823. The van der Waals surface area contributed by atoms with Gasteiger partial charge in [-0.15, -0.1) is 0 Å². The van der Waals surface area contributed by atoms with Gasteiger partial charge in [0.05, 0.1) is 0 Å². The third-order valence-electron chi connectivity index (χ3n) is 3.80. The van der Waals surface area contributed by atoms with E-state index in [1.54, 1.807) is 0 Å². The fourth-order valence-electron chi connectivity index (χ4n) is 2.42. The van der Waals surface area contributed by atoms with Gasteiger partial charge in [-0.1, -0.05) is 45.6 Å². The summed E-state index contributed by atoms with van der Waals surface area (Å²) >= 11 is 0. The number of aryl methyl sites for hydroxylation is 1. The summed E-state index contributed by atoms with van der Waals surface area (Å²) < 4.78 is 0. The van der Waals surface area contributed by atoms with Gasteiger partial charge >= 0.3 is 0 Å². The van der Waals surface area contributed by atoms with Gasteiger partial charge in [0.1, 0.15) is 0 Å². The number of nitrogens with one attached hydrogen (secondary N) is 1. The first-order chi connectivity index (χ1) is 8.71. The molecule has 1 N–H and O–H groups in total. The van der Waals surface area contributed by atoms with E-state index in [0.29, 0.717) is 6.04 Å². The predicted molar refractivity (Wildman–Crippen MR) is 78.7 cm³/mol. The van der Waals surface area contributed by atoms with E-state index in [2.05, 4.69) is 43.3 Å². The van der Waals surface area contributed by atoms with E-state index in [1.807, 2.05) is 13.1 Å². The fraction of sp³-hybridized carbons (Fsp3) is 0.688. The number of hydrogen-bond donors (Lipinski definition) is 1. The minimum Gasteiger partial charge on any atom is -0.313 e. The monoisotopic (exact) mass is 248 g/mol. The van der Waals surface area contributed by atoms with Crippen molar-refractivity contribution in [3.63, 3.8) is 0 Å². The van der Waals surface area contributed by atoms with Crippen molar-refractivity contribution in [3.05, 3.63) is 29.6 Å². The Bertz CT molecular complexity index is 318. The molecule has 2 heteroatoms. The van der Waals surface area contributed by atoms with Crippen LogP contribution in [0.5, 0.6) is 0 Å². The molecule has 1 heterocycles. The van der Waals surface area contributed by atoms with E-state index >= 15 is 0 Å². The molecule has 0 aliphatic heterocycles. The molecule has 0 radical (unpaired) electrons. The van der Waals surface area contributed by atoms with Crippen LogP contribution in [0.15, 0.2) is 18.3 Å². The zero-order chi connectivity index (χ0) is 13.4. The van der Waals surface area contributed by atoms with Crippen molar-refractivity contribution in [1.29, 1.82) is 0 Å². The second-order valence-electron chi connectivity index (χ2n) is 5.23. The summed E-state index contributed by atoms with van der Waals surface area (Å²) in [4.78, 5) is 4.40. The van der Waals surface area contributed by atoms with Crippen LogP contribution < -0.4 is 5.32 Å². The Labute approximate surface area is 112 Å². The minimum atomic E-state index is 0.444. The molecular weight excluding hydrogens is 220 g/mol. The van der Waals surface area contributed by atoms with Gasteiger partial charge in [-0.05, 0) is 37.9 Å². The van der Waals surface area contributed by atoms with Crippen molar-refractivity contribution in [2.45, 2.75) is 58.9 Å². The molecule has 2 nitrogen and oxygen atoms in total. The summed E-state index contributed by atoms with van der Waals surface area (Å²) in [5, 5.41) is 3.44. The Hall–Kier alpha value is -0.890. The Kier molecular flexibility index (Phi) is 6.96. The van der Waals surface area contributed by atoms with Crippen LogP contribution in [0.3, 0.4) is 0 Å². The highest BCUT2D eigenvalue weighted by Gasteiger charge is 2.15. The molecule has 102 valence electrons. The van der Waals surface area contributed by atoms with E-state index in [-0.39, 0.29) is 0 Å². The van der Waals surface area contributed by atoms with Crippen molar-refractivity contribution in [1.82, 2.24) is 10.3 Å². The van der Waals surface area contributed by atoms with Gasteiger partial charge in [0, 0.05) is 17.9 Å². The van der Waals surface area contributed by atoms with Gasteiger partial charge in [0.15, 0.2) is 0 Å². The van der Waals surface area contributed by atoms with Gasteiger partial charge < -0.3 is 5.32 Å². The maximum absolute atomic E-state index is 4.40. The average molecular weight is 248 g/mol. The Morgan fingerprint density at radius 2 is 2.06 bits per heavy atom. The predicted octanol–water partition coefficient (Wildman–Crippen LogP) is 4.26. The van der Waals surface area contributed by atoms with Crippen LogP contribution in [0.4, 0.5) is 0 Å². The second-order valence-corrected chi connectivity index (χ2v) is 5.23. The van der Waals surface area contributed by atoms with Crippen LogP contribution in [0.2, 0.25) is 0 Å². The van der Waals surface area contributed by atoms with E-state index in [1.165, 1.54) is 37.7 Å². The third-order valence-corrected chi connectivity index (χ3v) is 3.80. The molecule has 18 heavy (non-hydrogen) atoms. The summed E-state index contributed by atoms with van der Waals surface area (Å²) in [7, 11) is 2.05. The number of aromatic nitrogens is 1. The highest BCUT2D eigenvalue weighted by Crippen LogP contribution is 2.26. The van der Waals surface area contributed by atoms with E-state index < -0.39 is 0 Å². The summed E-state index contributed by atoms with van der Waals surface area (Å²) in [6.07, 6.45) is 8.51. The molecular formula is C16H28N2. The number of nitrogens with zero attached hydrogens (tertiary/aromatic N) is 1. The van der Waals surface area contributed by atoms with Gasteiger partial charge in [-0.2, -0.15) is 0 Å². The lowest BCUT2D eigenvalue weighted by Crippen LogP contribution is -2.20. The normalized spacial score (nSPS) is 14.4. The Morgan fingerprint density at radius 3 is 2.56 bits per heavy atom. The molecule has 0 spiro atoms. The highest BCUT2D eigenvalue weighted by molar-refractivity contribution is 5.17. The van der Waals surface area contributed by atoms with E-state index in [4.69, 9.17) is 0 Å². The molecule has 2 unspecified atom stereocenters. The molecule has 0 saturated heterocycles. The molecule has 0 aliphatic carbocycles.